The second kappa shape index (κ2) is 10.6. The highest BCUT2D eigenvalue weighted by molar-refractivity contribution is 5.93. The Morgan fingerprint density at radius 3 is 2.63 bits per heavy atom. The summed E-state index contributed by atoms with van der Waals surface area (Å²) in [5.41, 5.74) is 2.80. The number of alkyl carbamates (subject to hydrolysis) is 1. The van der Waals surface area contributed by atoms with Gasteiger partial charge in [-0.05, 0) is 52.8 Å². The summed E-state index contributed by atoms with van der Waals surface area (Å²) in [6.45, 7) is 10.5. The van der Waals surface area contributed by atoms with Gasteiger partial charge < -0.3 is 23.9 Å². The number of amides is 2. The maximum absolute atomic E-state index is 13.1. The normalized spacial score (nSPS) is 12.5. The number of methoxy groups -OCH3 is 1. The van der Waals surface area contributed by atoms with E-state index in [0.29, 0.717) is 36.7 Å². The molecule has 3 aromatic rings. The first-order valence-corrected chi connectivity index (χ1v) is 11.5. The zero-order chi connectivity index (χ0) is 25.8. The molecule has 0 saturated heterocycles. The maximum atomic E-state index is 13.1. The number of aryl methyl sites for hydroxylation is 3. The highest BCUT2D eigenvalue weighted by Crippen LogP contribution is 2.24. The molecule has 1 N–H and O–H groups in total. The average Bonchev–Trinajstić information content (AvgIpc) is 3.30. The molecule has 10 nitrogen and oxygen atoms in total. The second-order valence-electron chi connectivity index (χ2n) is 9.06. The number of rotatable bonds is 7. The molecule has 0 spiro atoms. The highest BCUT2D eigenvalue weighted by atomic mass is 16.6. The summed E-state index contributed by atoms with van der Waals surface area (Å²) in [7, 11) is 3.47. The number of imidazole rings is 1. The molecular weight excluding hydrogens is 448 g/mol. The van der Waals surface area contributed by atoms with Crippen LogP contribution in [0, 0.1) is 6.92 Å². The van der Waals surface area contributed by atoms with Crippen LogP contribution in [0.1, 0.15) is 43.9 Å². The van der Waals surface area contributed by atoms with Crippen LogP contribution >= 0.6 is 0 Å². The lowest BCUT2D eigenvalue weighted by Gasteiger charge is -2.19. The van der Waals surface area contributed by atoms with E-state index in [4.69, 9.17) is 9.47 Å². The molecule has 0 unspecified atom stereocenters. The molecule has 35 heavy (non-hydrogen) atoms. The quantitative estimate of drug-likeness (QED) is 0.520. The minimum Gasteiger partial charge on any atom is -0.494 e. The predicted molar refractivity (Wildman–Crippen MR) is 133 cm³/mol. The standard InChI is InChI=1S/C25H34N6O4/c1-8-31-19(16-17(2)28-31)22(32)27-23-29(6)18-12-11-13-20(34-7)21(18)30(23)15-10-9-14-26-24(33)35-25(3,4)5/h9-13,16H,8,14-15H2,1-7H3,(H,26,33)/b10-9+,27-23+. The van der Waals surface area contributed by atoms with Crippen molar-refractivity contribution in [2.45, 2.75) is 53.3 Å². The predicted octanol–water partition coefficient (Wildman–Crippen LogP) is 3.34. The van der Waals surface area contributed by atoms with Crippen LogP contribution in [0.4, 0.5) is 4.79 Å². The Kier molecular flexibility index (Phi) is 7.83. The molecule has 0 bridgehead atoms. The van der Waals surface area contributed by atoms with Gasteiger partial charge in [0.15, 0.2) is 0 Å². The van der Waals surface area contributed by atoms with Crippen LogP contribution in [-0.4, -0.2) is 50.2 Å². The van der Waals surface area contributed by atoms with Crippen LogP contribution in [0.25, 0.3) is 11.0 Å². The van der Waals surface area contributed by atoms with Crippen molar-refractivity contribution in [3.05, 3.63) is 53.4 Å². The SMILES string of the molecule is CCn1nc(C)cc1C(=O)/N=c1\n(C)c2cccc(OC)c2n1C/C=C/CNC(=O)OC(C)(C)C. The number of ether oxygens (including phenoxy) is 2. The van der Waals surface area contributed by atoms with Crippen LogP contribution < -0.4 is 15.7 Å². The molecule has 0 saturated carbocycles. The second-order valence-corrected chi connectivity index (χ2v) is 9.06. The van der Waals surface area contributed by atoms with Gasteiger partial charge in [-0.3, -0.25) is 9.48 Å². The van der Waals surface area contributed by atoms with Crippen molar-refractivity contribution in [2.75, 3.05) is 13.7 Å². The van der Waals surface area contributed by atoms with Crippen molar-refractivity contribution in [3.8, 4) is 5.75 Å². The number of allylic oxidation sites excluding steroid dienone is 1. The first kappa shape index (κ1) is 25.8. The molecule has 0 aliphatic carbocycles. The summed E-state index contributed by atoms with van der Waals surface area (Å²) in [5.74, 6) is 0.295. The molecule has 2 heterocycles. The number of nitrogens with zero attached hydrogens (tertiary/aromatic N) is 5. The fourth-order valence-corrected chi connectivity index (χ4v) is 3.74. The molecule has 0 aliphatic heterocycles. The van der Waals surface area contributed by atoms with Gasteiger partial charge in [-0.15, -0.1) is 0 Å². The van der Waals surface area contributed by atoms with Crippen molar-refractivity contribution in [1.29, 1.82) is 0 Å². The van der Waals surface area contributed by atoms with Gasteiger partial charge in [0, 0.05) is 26.7 Å². The Morgan fingerprint density at radius 1 is 1.23 bits per heavy atom. The molecule has 0 aliphatic rings. The largest absolute Gasteiger partial charge is 0.494 e. The summed E-state index contributed by atoms with van der Waals surface area (Å²) in [4.78, 5) is 29.5. The van der Waals surface area contributed by atoms with Gasteiger partial charge in [-0.2, -0.15) is 10.1 Å². The molecule has 10 heteroatoms. The average molecular weight is 483 g/mol. The number of carbonyl (C=O) groups excluding carboxylic acids is 2. The fraction of sp³-hybridized carbons (Fsp3) is 0.440. The smallest absolute Gasteiger partial charge is 0.407 e. The van der Waals surface area contributed by atoms with E-state index in [1.165, 1.54) is 0 Å². The number of nitrogens with one attached hydrogen (secondary N) is 1. The zero-order valence-corrected chi connectivity index (χ0v) is 21.5. The summed E-state index contributed by atoms with van der Waals surface area (Å²) in [6, 6.07) is 7.46. The lowest BCUT2D eigenvalue weighted by Crippen LogP contribution is -2.32. The van der Waals surface area contributed by atoms with E-state index >= 15 is 0 Å². The van der Waals surface area contributed by atoms with Crippen molar-refractivity contribution < 1.29 is 19.1 Å². The third-order valence-corrected chi connectivity index (χ3v) is 5.21. The lowest BCUT2D eigenvalue weighted by atomic mass is 10.2. The first-order valence-electron chi connectivity index (χ1n) is 11.5. The number of hydrogen-bond acceptors (Lipinski definition) is 5. The Balaban J connectivity index is 1.97. The van der Waals surface area contributed by atoms with E-state index in [1.54, 1.807) is 17.9 Å². The van der Waals surface area contributed by atoms with E-state index in [0.717, 1.165) is 16.7 Å². The highest BCUT2D eigenvalue weighted by Gasteiger charge is 2.17. The van der Waals surface area contributed by atoms with Crippen LogP contribution in [0.2, 0.25) is 0 Å². The third kappa shape index (κ3) is 6.00. The molecule has 3 rings (SSSR count). The van der Waals surface area contributed by atoms with Crippen molar-refractivity contribution in [1.82, 2.24) is 24.2 Å². The van der Waals surface area contributed by atoms with Crippen LogP contribution in [-0.2, 0) is 24.9 Å². The Bertz CT molecular complexity index is 1320. The first-order chi connectivity index (χ1) is 16.6. The molecular formula is C25H34N6O4. The summed E-state index contributed by atoms with van der Waals surface area (Å²) in [6.07, 6.45) is 3.24. The van der Waals surface area contributed by atoms with Crippen LogP contribution in [0.5, 0.6) is 5.75 Å². The minimum atomic E-state index is -0.558. The summed E-state index contributed by atoms with van der Waals surface area (Å²) in [5, 5.41) is 7.06. The molecule has 2 amide bonds. The summed E-state index contributed by atoms with van der Waals surface area (Å²) < 4.78 is 16.3. The van der Waals surface area contributed by atoms with Crippen LogP contribution in [0.3, 0.4) is 0 Å². The van der Waals surface area contributed by atoms with E-state index in [-0.39, 0.29) is 5.91 Å². The number of carbonyl (C=O) groups is 2. The lowest BCUT2D eigenvalue weighted by molar-refractivity contribution is 0.0534. The van der Waals surface area contributed by atoms with E-state index in [9.17, 15) is 9.59 Å². The number of fused-ring (bicyclic) bond motifs is 1. The monoisotopic (exact) mass is 482 g/mol. The Morgan fingerprint density at radius 2 is 1.97 bits per heavy atom. The van der Waals surface area contributed by atoms with Gasteiger partial charge in [0.05, 0.1) is 18.3 Å². The fourth-order valence-electron chi connectivity index (χ4n) is 3.74. The number of hydrogen-bond donors (Lipinski definition) is 1. The number of para-hydroxylation sites is 1. The topological polar surface area (TPSA) is 105 Å². The van der Waals surface area contributed by atoms with E-state index in [1.807, 2.05) is 81.2 Å². The van der Waals surface area contributed by atoms with E-state index in [2.05, 4.69) is 15.4 Å². The van der Waals surface area contributed by atoms with Gasteiger partial charge in [0.2, 0.25) is 5.62 Å². The maximum Gasteiger partial charge on any atom is 0.407 e. The molecule has 0 fully saturated rings. The molecule has 2 aromatic heterocycles. The molecule has 0 radical (unpaired) electrons. The van der Waals surface area contributed by atoms with Crippen molar-refractivity contribution in [2.24, 2.45) is 12.0 Å². The molecule has 188 valence electrons. The van der Waals surface area contributed by atoms with Gasteiger partial charge in [0.1, 0.15) is 22.6 Å². The third-order valence-electron chi connectivity index (χ3n) is 5.21. The molecule has 1 aromatic carbocycles. The zero-order valence-electron chi connectivity index (χ0n) is 21.5. The Hall–Kier alpha value is -3.82. The molecule has 0 atom stereocenters. The van der Waals surface area contributed by atoms with E-state index < -0.39 is 11.7 Å². The Labute approximate surface area is 204 Å². The summed E-state index contributed by atoms with van der Waals surface area (Å²) >= 11 is 0. The van der Waals surface area contributed by atoms with Crippen molar-refractivity contribution in [3.63, 3.8) is 0 Å². The van der Waals surface area contributed by atoms with Crippen LogP contribution in [0.15, 0.2) is 41.4 Å². The number of benzene rings is 1. The number of aromatic nitrogens is 4. The van der Waals surface area contributed by atoms with Gasteiger partial charge >= 0.3 is 6.09 Å². The minimum absolute atomic E-state index is 0.303. The van der Waals surface area contributed by atoms with Crippen molar-refractivity contribution >= 4 is 23.0 Å². The van der Waals surface area contributed by atoms with Gasteiger partial charge in [0.25, 0.3) is 5.91 Å². The van der Waals surface area contributed by atoms with Gasteiger partial charge in [-0.25, -0.2) is 4.79 Å². The van der Waals surface area contributed by atoms with Gasteiger partial charge in [-0.1, -0.05) is 18.2 Å².